The van der Waals surface area contributed by atoms with Gasteiger partial charge < -0.3 is 14.4 Å². The number of carbonyl (C=O) groups is 1. The Labute approximate surface area is 164 Å². The van der Waals surface area contributed by atoms with Gasteiger partial charge in [0.2, 0.25) is 0 Å². The lowest BCUT2D eigenvalue weighted by molar-refractivity contribution is 0.230. The molecular formula is C18H23N2O6PS. The Hall–Kier alpha value is -2.19. The number of urea groups is 1. The van der Waals surface area contributed by atoms with Crippen molar-refractivity contribution in [1.82, 2.24) is 4.72 Å². The van der Waals surface area contributed by atoms with E-state index in [0.717, 1.165) is 5.56 Å². The van der Waals surface area contributed by atoms with E-state index in [2.05, 4.69) is 5.32 Å². The fraction of sp³-hybridized carbons (Fsp3) is 0.278. The van der Waals surface area contributed by atoms with Crippen molar-refractivity contribution < 1.29 is 26.8 Å². The molecule has 0 aliphatic carbocycles. The number of aryl methyl sites for hydroxylation is 1. The highest BCUT2D eigenvalue weighted by Crippen LogP contribution is 2.46. The second kappa shape index (κ2) is 9.34. The van der Waals surface area contributed by atoms with Crippen LogP contribution in [0.15, 0.2) is 53.4 Å². The van der Waals surface area contributed by atoms with E-state index in [-0.39, 0.29) is 18.1 Å². The fourth-order valence-electron chi connectivity index (χ4n) is 2.31. The second-order valence-electron chi connectivity index (χ2n) is 5.75. The number of anilines is 1. The van der Waals surface area contributed by atoms with E-state index in [4.69, 9.17) is 9.05 Å². The van der Waals surface area contributed by atoms with Crippen LogP contribution in [0, 0.1) is 6.92 Å². The van der Waals surface area contributed by atoms with Gasteiger partial charge in [-0.25, -0.2) is 17.9 Å². The zero-order valence-corrected chi connectivity index (χ0v) is 17.5. The summed E-state index contributed by atoms with van der Waals surface area (Å²) in [5.74, 6) is 0. The fourth-order valence-corrected chi connectivity index (χ4v) is 4.78. The predicted octanol–water partition coefficient (Wildman–Crippen LogP) is 3.40. The first kappa shape index (κ1) is 22.1. The normalized spacial score (nSPS) is 11.8. The third kappa shape index (κ3) is 5.65. The van der Waals surface area contributed by atoms with Gasteiger partial charge in [-0.05, 0) is 57.2 Å². The van der Waals surface area contributed by atoms with Gasteiger partial charge in [0.05, 0.1) is 23.4 Å². The molecule has 0 heterocycles. The number of hydrogen-bond donors (Lipinski definition) is 2. The van der Waals surface area contributed by atoms with Crippen LogP contribution < -0.4 is 15.3 Å². The molecule has 0 bridgehead atoms. The van der Waals surface area contributed by atoms with Crippen LogP contribution in [-0.2, 0) is 23.6 Å². The molecule has 0 atom stereocenters. The van der Waals surface area contributed by atoms with Crippen molar-refractivity contribution in [2.45, 2.75) is 25.7 Å². The molecular weight excluding hydrogens is 403 g/mol. The Morgan fingerprint density at radius 1 is 0.964 bits per heavy atom. The van der Waals surface area contributed by atoms with E-state index >= 15 is 0 Å². The number of rotatable bonds is 8. The Bertz CT molecular complexity index is 949. The lowest BCUT2D eigenvalue weighted by Crippen LogP contribution is -2.34. The number of benzene rings is 2. The maximum atomic E-state index is 12.7. The minimum Gasteiger partial charge on any atom is -0.307 e. The molecule has 0 saturated carbocycles. The molecule has 2 aromatic rings. The van der Waals surface area contributed by atoms with Gasteiger partial charge in [0.25, 0.3) is 10.0 Å². The van der Waals surface area contributed by atoms with Crippen molar-refractivity contribution in [3.63, 3.8) is 0 Å². The molecule has 2 amide bonds. The minimum absolute atomic E-state index is 0.0158. The van der Waals surface area contributed by atoms with Crippen molar-refractivity contribution in [1.29, 1.82) is 0 Å². The van der Waals surface area contributed by atoms with Crippen LogP contribution in [0.1, 0.15) is 19.4 Å². The van der Waals surface area contributed by atoms with Crippen LogP contribution in [-0.4, -0.2) is 27.7 Å². The van der Waals surface area contributed by atoms with Gasteiger partial charge >= 0.3 is 13.6 Å². The highest BCUT2D eigenvalue weighted by molar-refractivity contribution is 7.90. The van der Waals surface area contributed by atoms with Gasteiger partial charge in [0.15, 0.2) is 0 Å². The number of carbonyl (C=O) groups excluding carboxylic acids is 1. The highest BCUT2D eigenvalue weighted by atomic mass is 32.2. The first-order valence-corrected chi connectivity index (χ1v) is 11.6. The standard InChI is InChI=1S/C18H23N2O6PS/c1-4-25-27(22,26-5-2)16-10-8-15(9-11-16)19-18(21)20-28(23,24)17-12-6-14(3)7-13-17/h6-13H,4-5H2,1-3H3,(H2,19,20,21). The monoisotopic (exact) mass is 426 g/mol. The Kier molecular flexibility index (Phi) is 7.37. The lowest BCUT2D eigenvalue weighted by atomic mass is 10.2. The van der Waals surface area contributed by atoms with Gasteiger partial charge in [0.1, 0.15) is 0 Å². The van der Waals surface area contributed by atoms with Crippen LogP contribution in [0.5, 0.6) is 0 Å². The molecule has 2 rings (SSSR count). The van der Waals surface area contributed by atoms with Gasteiger partial charge in [-0.2, -0.15) is 0 Å². The molecule has 2 N–H and O–H groups in total. The Morgan fingerprint density at radius 3 is 2.00 bits per heavy atom. The number of amides is 2. The zero-order chi connectivity index (χ0) is 20.8. The summed E-state index contributed by atoms with van der Waals surface area (Å²) in [5.41, 5.74) is 1.22. The van der Waals surface area contributed by atoms with Crippen molar-refractivity contribution in [3.8, 4) is 0 Å². The first-order chi connectivity index (χ1) is 13.2. The molecule has 0 unspecified atom stereocenters. The smallest absolute Gasteiger partial charge is 0.307 e. The molecule has 152 valence electrons. The van der Waals surface area contributed by atoms with Crippen LogP contribution in [0.25, 0.3) is 0 Å². The van der Waals surface area contributed by atoms with E-state index in [1.165, 1.54) is 36.4 Å². The summed E-state index contributed by atoms with van der Waals surface area (Å²) in [6.45, 7) is 5.68. The molecule has 0 aliphatic heterocycles. The summed E-state index contributed by atoms with van der Waals surface area (Å²) < 4.78 is 49.6. The summed E-state index contributed by atoms with van der Waals surface area (Å²) in [6.07, 6.45) is 0. The van der Waals surface area contributed by atoms with E-state index in [0.29, 0.717) is 11.0 Å². The topological polar surface area (TPSA) is 111 Å². The number of hydrogen-bond acceptors (Lipinski definition) is 6. The summed E-state index contributed by atoms with van der Waals surface area (Å²) in [5, 5.41) is 2.76. The Morgan fingerprint density at radius 2 is 1.50 bits per heavy atom. The molecule has 0 saturated heterocycles. The summed E-state index contributed by atoms with van der Waals surface area (Å²) in [7, 11) is -7.42. The van der Waals surface area contributed by atoms with Gasteiger partial charge in [-0.3, -0.25) is 4.57 Å². The van der Waals surface area contributed by atoms with E-state index in [1.807, 2.05) is 11.6 Å². The first-order valence-electron chi connectivity index (χ1n) is 8.60. The molecule has 0 spiro atoms. The third-order valence-corrected chi connectivity index (χ3v) is 7.07. The minimum atomic E-state index is -3.99. The second-order valence-corrected chi connectivity index (χ2v) is 9.46. The van der Waals surface area contributed by atoms with Crippen molar-refractivity contribution in [2.75, 3.05) is 18.5 Å². The van der Waals surface area contributed by atoms with Gasteiger partial charge in [0, 0.05) is 5.69 Å². The van der Waals surface area contributed by atoms with E-state index in [9.17, 15) is 17.8 Å². The van der Waals surface area contributed by atoms with Crippen LogP contribution in [0.3, 0.4) is 0 Å². The molecule has 0 aliphatic rings. The summed E-state index contributed by atoms with van der Waals surface area (Å²) >= 11 is 0. The molecule has 0 aromatic heterocycles. The molecule has 28 heavy (non-hydrogen) atoms. The van der Waals surface area contributed by atoms with E-state index < -0.39 is 23.7 Å². The SMILES string of the molecule is CCOP(=O)(OCC)c1ccc(NC(=O)NS(=O)(=O)c2ccc(C)cc2)cc1. The predicted molar refractivity (Wildman–Crippen MR) is 107 cm³/mol. The summed E-state index contributed by atoms with van der Waals surface area (Å²) in [6, 6.07) is 11.2. The maximum absolute atomic E-state index is 12.7. The average molecular weight is 426 g/mol. The Balaban J connectivity index is 2.08. The largest absolute Gasteiger partial charge is 0.361 e. The molecule has 0 fully saturated rings. The third-order valence-electron chi connectivity index (χ3n) is 3.60. The van der Waals surface area contributed by atoms with E-state index in [1.54, 1.807) is 26.0 Å². The highest BCUT2D eigenvalue weighted by Gasteiger charge is 2.26. The molecule has 8 nitrogen and oxygen atoms in total. The molecule has 0 radical (unpaired) electrons. The zero-order valence-electron chi connectivity index (χ0n) is 15.8. The average Bonchev–Trinajstić information content (AvgIpc) is 2.62. The molecule has 10 heteroatoms. The summed E-state index contributed by atoms with van der Waals surface area (Å²) in [4.78, 5) is 12.0. The van der Waals surface area contributed by atoms with Crippen molar-refractivity contribution in [2.24, 2.45) is 0 Å². The van der Waals surface area contributed by atoms with Crippen LogP contribution in [0.2, 0.25) is 0 Å². The lowest BCUT2D eigenvalue weighted by Gasteiger charge is -2.17. The molecule has 2 aromatic carbocycles. The number of nitrogens with one attached hydrogen (secondary N) is 2. The van der Waals surface area contributed by atoms with Crippen LogP contribution >= 0.6 is 7.60 Å². The number of sulfonamides is 1. The van der Waals surface area contributed by atoms with Crippen molar-refractivity contribution >= 4 is 34.6 Å². The van der Waals surface area contributed by atoms with Gasteiger partial charge in [-0.15, -0.1) is 0 Å². The van der Waals surface area contributed by atoms with Crippen LogP contribution in [0.4, 0.5) is 10.5 Å². The quantitative estimate of drug-likeness (QED) is 0.626. The van der Waals surface area contributed by atoms with Crippen molar-refractivity contribution in [3.05, 3.63) is 54.1 Å². The van der Waals surface area contributed by atoms with Gasteiger partial charge in [-0.1, -0.05) is 17.7 Å². The maximum Gasteiger partial charge on any atom is 0.361 e.